The summed E-state index contributed by atoms with van der Waals surface area (Å²) in [5, 5.41) is 0. The van der Waals surface area contributed by atoms with E-state index in [4.69, 9.17) is 0 Å². The van der Waals surface area contributed by atoms with E-state index in [0.29, 0.717) is 6.42 Å². The Balaban J connectivity index is 2.06. The van der Waals surface area contributed by atoms with Gasteiger partial charge in [0, 0.05) is 0 Å². The minimum absolute atomic E-state index is 0.262. The van der Waals surface area contributed by atoms with Crippen molar-refractivity contribution in [2.75, 3.05) is 0 Å². The summed E-state index contributed by atoms with van der Waals surface area (Å²) in [5.41, 5.74) is 0.750. The van der Waals surface area contributed by atoms with Crippen molar-refractivity contribution in [3.8, 4) is 0 Å². The molecule has 5 nitrogen and oxygen atoms in total. The van der Waals surface area contributed by atoms with Crippen molar-refractivity contribution in [3.63, 3.8) is 0 Å². The number of benzene rings is 1. The Kier molecular flexibility index (Phi) is 15.6. The minimum Gasteiger partial charge on any atom is -0.282 e. The summed E-state index contributed by atoms with van der Waals surface area (Å²) in [7, 11) is -4.52. The fraction of sp³-hybridized carbons (Fsp3) is 0.750. The Bertz CT molecular complexity index is 779. The summed E-state index contributed by atoms with van der Waals surface area (Å²) < 4.78 is 54.4. The number of aryl methyl sites for hydroxylation is 1. The van der Waals surface area contributed by atoms with Gasteiger partial charge in [0.25, 0.3) is 10.1 Å². The molecule has 0 aliphatic heterocycles. The lowest BCUT2D eigenvalue weighted by Gasteiger charge is -2.06. The largest absolute Gasteiger partial charge is 0.342 e. The van der Waals surface area contributed by atoms with Gasteiger partial charge in [0.15, 0.2) is 0 Å². The molecule has 0 spiro atoms. The molecule has 0 saturated heterocycles. The van der Waals surface area contributed by atoms with E-state index in [1.165, 1.54) is 95.6 Å². The zero-order chi connectivity index (χ0) is 23.0. The number of unbranched alkanes of at least 4 members (excludes halogenated alkanes) is 15. The fourth-order valence-electron chi connectivity index (χ4n) is 3.91. The highest BCUT2D eigenvalue weighted by molar-refractivity contribution is 14.2. The summed E-state index contributed by atoms with van der Waals surface area (Å²) in [6, 6.07) is 4.25. The molecule has 1 rings (SSSR count). The first kappa shape index (κ1) is 28.5. The van der Waals surface area contributed by atoms with Gasteiger partial charge in [-0.25, -0.2) is 6.14 Å². The molecule has 0 aliphatic carbocycles. The van der Waals surface area contributed by atoms with Gasteiger partial charge in [0.1, 0.15) is 4.90 Å². The molecule has 0 amide bonds. The Morgan fingerprint density at radius 2 is 1.13 bits per heavy atom. The fourth-order valence-corrected chi connectivity index (χ4v) is 6.84. The summed E-state index contributed by atoms with van der Waals surface area (Å²) in [4.78, 5) is -0.475. The van der Waals surface area contributed by atoms with Crippen LogP contribution >= 0.6 is 19.8 Å². The van der Waals surface area contributed by atoms with Crippen LogP contribution in [0.15, 0.2) is 23.1 Å². The topological polar surface area (TPSA) is 88.5 Å². The summed E-state index contributed by atoms with van der Waals surface area (Å²) in [6.45, 7) is 2.26. The van der Waals surface area contributed by atoms with Crippen LogP contribution in [0.5, 0.6) is 0 Å². The van der Waals surface area contributed by atoms with Gasteiger partial charge in [-0.3, -0.25) is 4.55 Å². The Labute approximate surface area is 196 Å². The van der Waals surface area contributed by atoms with E-state index in [0.717, 1.165) is 24.8 Å². The van der Waals surface area contributed by atoms with Crippen LogP contribution < -0.4 is 0 Å². The van der Waals surface area contributed by atoms with Crippen LogP contribution in [0.3, 0.4) is 0 Å². The highest BCUT2D eigenvalue weighted by Crippen LogP contribution is 2.27. The highest BCUT2D eigenvalue weighted by atomic mass is 127. The van der Waals surface area contributed by atoms with Gasteiger partial charge in [-0.15, -0.1) is 0 Å². The molecular weight excluding hydrogens is 527 g/mol. The van der Waals surface area contributed by atoms with Crippen LogP contribution in [-0.4, -0.2) is 13.0 Å². The number of hydrogen-bond donors (Lipinski definition) is 1. The Morgan fingerprint density at radius 1 is 0.710 bits per heavy atom. The van der Waals surface area contributed by atoms with Gasteiger partial charge in [-0.05, 0) is 30.5 Å². The maximum Gasteiger partial charge on any atom is 0.342 e. The van der Waals surface area contributed by atoms with Crippen molar-refractivity contribution >= 4 is 29.9 Å². The van der Waals surface area contributed by atoms with Crippen LogP contribution in [0.2, 0.25) is 0 Å². The lowest BCUT2D eigenvalue weighted by atomic mass is 10.0. The zero-order valence-electron chi connectivity index (χ0n) is 19.1. The monoisotopic (exact) mass is 568 g/mol. The predicted octanol–water partition coefficient (Wildman–Crippen LogP) is 8.10. The van der Waals surface area contributed by atoms with E-state index in [-0.39, 0.29) is 3.57 Å². The molecule has 1 aromatic carbocycles. The smallest absolute Gasteiger partial charge is 0.282 e. The van der Waals surface area contributed by atoms with Gasteiger partial charge in [0.05, 0.1) is 3.57 Å². The molecule has 0 saturated carbocycles. The van der Waals surface area contributed by atoms with Gasteiger partial charge < -0.3 is 0 Å². The van der Waals surface area contributed by atoms with Crippen molar-refractivity contribution in [2.24, 2.45) is 0 Å². The second-order valence-electron chi connectivity index (χ2n) is 8.51. The zero-order valence-corrected chi connectivity index (χ0v) is 22.1. The standard InChI is InChI=1S/C24H41IO5S/c1-2-3-4-5-6-7-8-9-10-11-12-13-14-15-16-17-18-22-19-20-23(25(26)27)24(21-22)31(28,29)30/h19-21H,2-18H2,1H3,(H,28,29,30). The van der Waals surface area contributed by atoms with E-state index in [1.54, 1.807) is 6.07 Å². The molecule has 0 atom stereocenters. The molecular formula is C24H41IO5S. The van der Waals surface area contributed by atoms with E-state index >= 15 is 0 Å². The number of halogens is 1. The third-order valence-electron chi connectivity index (χ3n) is 5.76. The molecule has 0 heterocycles. The van der Waals surface area contributed by atoms with Crippen LogP contribution in [0.25, 0.3) is 0 Å². The molecule has 180 valence electrons. The van der Waals surface area contributed by atoms with Crippen LogP contribution in [0.4, 0.5) is 0 Å². The van der Waals surface area contributed by atoms with Crippen LogP contribution in [-0.2, 0) is 22.7 Å². The predicted molar refractivity (Wildman–Crippen MR) is 134 cm³/mol. The van der Waals surface area contributed by atoms with Crippen LogP contribution in [0.1, 0.15) is 115 Å². The Morgan fingerprint density at radius 3 is 1.52 bits per heavy atom. The van der Waals surface area contributed by atoms with Gasteiger partial charge in [-0.1, -0.05) is 109 Å². The summed E-state index contributed by atoms with van der Waals surface area (Å²) in [5.74, 6) is 0. The highest BCUT2D eigenvalue weighted by Gasteiger charge is 2.19. The molecule has 0 aromatic heterocycles. The van der Waals surface area contributed by atoms with E-state index in [1.807, 2.05) is 0 Å². The van der Waals surface area contributed by atoms with Crippen molar-refractivity contribution in [3.05, 3.63) is 27.3 Å². The molecule has 0 unspecified atom stereocenters. The van der Waals surface area contributed by atoms with Crippen molar-refractivity contribution in [1.82, 2.24) is 0 Å². The van der Waals surface area contributed by atoms with Crippen molar-refractivity contribution < 1.29 is 19.1 Å². The van der Waals surface area contributed by atoms with Crippen LogP contribution in [0, 0.1) is 3.57 Å². The normalized spacial score (nSPS) is 12.0. The van der Waals surface area contributed by atoms with E-state index < -0.39 is 34.8 Å². The van der Waals surface area contributed by atoms with Crippen molar-refractivity contribution in [1.29, 1.82) is 0 Å². The molecule has 1 aromatic rings. The molecule has 31 heavy (non-hydrogen) atoms. The molecule has 0 aliphatic rings. The quantitative estimate of drug-likeness (QED) is 0.103. The first-order valence-electron chi connectivity index (χ1n) is 12.0. The molecule has 1 N–H and O–H groups in total. The van der Waals surface area contributed by atoms with Gasteiger partial charge >= 0.3 is 19.8 Å². The third-order valence-corrected chi connectivity index (χ3v) is 8.91. The lowest BCUT2D eigenvalue weighted by molar-refractivity contribution is 0.482. The lowest BCUT2D eigenvalue weighted by Crippen LogP contribution is -2.02. The molecule has 0 fully saturated rings. The molecule has 0 bridgehead atoms. The number of hydrogen-bond acceptors (Lipinski definition) is 4. The molecule has 7 heteroatoms. The maximum atomic E-state index is 11.4. The van der Waals surface area contributed by atoms with Gasteiger partial charge in [0.2, 0.25) is 0 Å². The van der Waals surface area contributed by atoms with E-state index in [9.17, 15) is 19.1 Å². The second-order valence-corrected chi connectivity index (χ2v) is 12.3. The second kappa shape index (κ2) is 17.0. The third kappa shape index (κ3) is 13.6. The Hall–Kier alpha value is -0.540. The SMILES string of the molecule is CCCCCCCCCCCCCCCCCCc1ccc(I(=O)=O)c(S(=O)(=O)O)c1. The summed E-state index contributed by atoms with van der Waals surface area (Å²) >= 11 is -3.97. The first-order chi connectivity index (χ1) is 14.9. The van der Waals surface area contributed by atoms with Crippen molar-refractivity contribution in [2.45, 2.75) is 121 Å². The average molecular weight is 569 g/mol. The minimum atomic E-state index is -4.52. The maximum absolute atomic E-state index is 11.4. The average Bonchev–Trinajstić information content (AvgIpc) is 2.72. The number of rotatable bonds is 19. The van der Waals surface area contributed by atoms with Gasteiger partial charge in [-0.2, -0.15) is 8.42 Å². The first-order valence-corrected chi connectivity index (χ1v) is 16.3. The summed E-state index contributed by atoms with van der Waals surface area (Å²) in [6.07, 6.45) is 21.4. The van der Waals surface area contributed by atoms with E-state index in [2.05, 4.69) is 6.92 Å². The molecule has 0 radical (unpaired) electrons.